The van der Waals surface area contributed by atoms with Crippen molar-refractivity contribution in [2.75, 3.05) is 41.3 Å². The minimum absolute atomic E-state index is 0.193. The van der Waals surface area contributed by atoms with Crippen molar-refractivity contribution < 1.29 is 18.8 Å². The van der Waals surface area contributed by atoms with Gasteiger partial charge in [-0.15, -0.1) is 0 Å². The van der Waals surface area contributed by atoms with Gasteiger partial charge in [0.2, 0.25) is 0 Å². The number of methoxy groups -OCH3 is 1. The maximum atomic E-state index is 13.1. The minimum Gasteiger partial charge on any atom is -0.496 e. The molecule has 138 valence electrons. The number of carbonyl (C=O) groups is 2. The molecule has 3 rings (SSSR count). The van der Waals surface area contributed by atoms with E-state index in [1.165, 1.54) is 4.90 Å². The number of hydrogen-bond donors (Lipinski definition) is 0. The molecule has 1 heterocycles. The maximum Gasteiger partial charge on any atom is 0.261 e. The molecule has 2 amide bonds. The molecular weight excluding hydrogens is 328 g/mol. The monoisotopic (exact) mass is 355 g/mol. The molecule has 0 aromatic heterocycles. The average molecular weight is 355 g/mol. The van der Waals surface area contributed by atoms with Crippen LogP contribution in [0.25, 0.3) is 10.8 Å². The van der Waals surface area contributed by atoms with Crippen molar-refractivity contribution in [2.45, 2.75) is 13.8 Å². The second kappa shape index (κ2) is 6.09. The highest BCUT2D eigenvalue weighted by molar-refractivity contribution is 6.26. The van der Waals surface area contributed by atoms with Gasteiger partial charge in [0.1, 0.15) is 5.75 Å². The molecule has 0 fully saturated rings. The third-order valence-corrected chi connectivity index (χ3v) is 4.66. The van der Waals surface area contributed by atoms with Crippen molar-refractivity contribution in [3.63, 3.8) is 0 Å². The first kappa shape index (κ1) is 18.4. The van der Waals surface area contributed by atoms with Gasteiger partial charge in [-0.1, -0.05) is 26.0 Å². The summed E-state index contributed by atoms with van der Waals surface area (Å²) in [7, 11) is 7.94. The fraction of sp³-hybridized carbons (Fsp3) is 0.429. The highest BCUT2D eigenvalue weighted by Crippen LogP contribution is 2.36. The van der Waals surface area contributed by atoms with Crippen LogP contribution in [0.5, 0.6) is 5.75 Å². The third-order valence-electron chi connectivity index (χ3n) is 4.66. The van der Waals surface area contributed by atoms with Crippen LogP contribution in [0.15, 0.2) is 30.3 Å². The molecular formula is C21H27N2O3+. The van der Waals surface area contributed by atoms with Gasteiger partial charge in [0.15, 0.2) is 0 Å². The van der Waals surface area contributed by atoms with E-state index in [0.29, 0.717) is 28.8 Å². The summed E-state index contributed by atoms with van der Waals surface area (Å²) < 4.78 is 6.17. The van der Waals surface area contributed by atoms with Gasteiger partial charge in [-0.25, -0.2) is 0 Å². The number of ether oxygens (including phenoxy) is 1. The van der Waals surface area contributed by atoms with E-state index in [2.05, 4.69) is 35.0 Å². The van der Waals surface area contributed by atoms with E-state index in [9.17, 15) is 9.59 Å². The summed E-state index contributed by atoms with van der Waals surface area (Å²) in [6, 6.07) is 9.08. The number of quaternary nitrogens is 1. The molecule has 0 radical (unpaired) electrons. The Morgan fingerprint density at radius 3 is 2.19 bits per heavy atom. The molecule has 0 spiro atoms. The Kier molecular flexibility index (Phi) is 4.31. The van der Waals surface area contributed by atoms with Crippen LogP contribution in [-0.4, -0.2) is 62.5 Å². The molecule has 0 atom stereocenters. The van der Waals surface area contributed by atoms with Gasteiger partial charge < -0.3 is 9.22 Å². The van der Waals surface area contributed by atoms with Gasteiger partial charge in [-0.05, 0) is 18.2 Å². The van der Waals surface area contributed by atoms with Crippen LogP contribution >= 0.6 is 0 Å². The van der Waals surface area contributed by atoms with Crippen LogP contribution in [0.2, 0.25) is 0 Å². The number of benzene rings is 2. The molecule has 0 bridgehead atoms. The topological polar surface area (TPSA) is 46.6 Å². The second-order valence-corrected chi connectivity index (χ2v) is 8.85. The highest BCUT2D eigenvalue weighted by Gasteiger charge is 2.38. The summed E-state index contributed by atoms with van der Waals surface area (Å²) in [6.07, 6.45) is 0. The minimum atomic E-state index is -0.226. The predicted molar refractivity (Wildman–Crippen MR) is 103 cm³/mol. The zero-order valence-corrected chi connectivity index (χ0v) is 16.4. The first-order valence-electron chi connectivity index (χ1n) is 8.80. The summed E-state index contributed by atoms with van der Waals surface area (Å²) in [5.74, 6) is 0.219. The lowest BCUT2D eigenvalue weighted by Crippen LogP contribution is -2.51. The van der Waals surface area contributed by atoms with Crippen LogP contribution in [0, 0.1) is 5.41 Å². The van der Waals surface area contributed by atoms with E-state index in [0.717, 1.165) is 16.4 Å². The number of carbonyl (C=O) groups excluding carboxylic acids is 2. The summed E-state index contributed by atoms with van der Waals surface area (Å²) in [6.45, 7) is 5.44. The van der Waals surface area contributed by atoms with Gasteiger partial charge in [-0.2, -0.15) is 0 Å². The van der Waals surface area contributed by atoms with Gasteiger partial charge >= 0.3 is 0 Å². The molecule has 0 unspecified atom stereocenters. The Balaban J connectivity index is 2.06. The van der Waals surface area contributed by atoms with E-state index < -0.39 is 0 Å². The molecule has 5 heteroatoms. The lowest BCUT2D eigenvalue weighted by atomic mass is 9.88. The zero-order valence-electron chi connectivity index (χ0n) is 16.4. The van der Waals surface area contributed by atoms with E-state index >= 15 is 0 Å². The number of imide groups is 1. The number of rotatable bonds is 5. The van der Waals surface area contributed by atoms with Crippen molar-refractivity contribution in [1.82, 2.24) is 4.90 Å². The molecule has 0 N–H and O–H groups in total. The molecule has 1 aliphatic rings. The Morgan fingerprint density at radius 1 is 1.00 bits per heavy atom. The summed E-state index contributed by atoms with van der Waals surface area (Å²) in [4.78, 5) is 27.6. The largest absolute Gasteiger partial charge is 0.496 e. The highest BCUT2D eigenvalue weighted by atomic mass is 16.5. The SMILES string of the molecule is COc1ccc2c3c(cccc13)C(=O)N(CC(C)(C)C[N+](C)(C)C)C2=O. The van der Waals surface area contributed by atoms with E-state index in [-0.39, 0.29) is 17.2 Å². The summed E-state index contributed by atoms with van der Waals surface area (Å²) >= 11 is 0. The quantitative estimate of drug-likeness (QED) is 0.611. The summed E-state index contributed by atoms with van der Waals surface area (Å²) in [5.41, 5.74) is 0.940. The van der Waals surface area contributed by atoms with Gasteiger partial charge in [-0.3, -0.25) is 14.5 Å². The van der Waals surface area contributed by atoms with Crippen molar-refractivity contribution in [3.8, 4) is 5.75 Å². The number of nitrogens with zero attached hydrogens (tertiary/aromatic N) is 2. The Morgan fingerprint density at radius 2 is 1.62 bits per heavy atom. The van der Waals surface area contributed by atoms with Crippen molar-refractivity contribution >= 4 is 22.6 Å². The molecule has 0 saturated carbocycles. The van der Waals surface area contributed by atoms with Gasteiger partial charge in [0, 0.05) is 33.9 Å². The Labute approximate surface area is 154 Å². The van der Waals surface area contributed by atoms with Crippen molar-refractivity contribution in [2.24, 2.45) is 5.41 Å². The van der Waals surface area contributed by atoms with E-state index in [4.69, 9.17) is 4.74 Å². The summed E-state index contributed by atoms with van der Waals surface area (Å²) in [5, 5.41) is 1.50. The van der Waals surface area contributed by atoms with Gasteiger partial charge in [0.05, 0.1) is 34.8 Å². The Hall–Kier alpha value is -2.40. The molecule has 0 saturated heterocycles. The van der Waals surface area contributed by atoms with Crippen LogP contribution < -0.4 is 4.74 Å². The van der Waals surface area contributed by atoms with Crippen molar-refractivity contribution in [3.05, 3.63) is 41.5 Å². The lowest BCUT2D eigenvalue weighted by Gasteiger charge is -2.38. The number of amides is 2. The van der Waals surface area contributed by atoms with E-state index in [1.807, 2.05) is 12.1 Å². The van der Waals surface area contributed by atoms with Crippen molar-refractivity contribution in [1.29, 1.82) is 0 Å². The fourth-order valence-corrected chi connectivity index (χ4v) is 4.20. The van der Waals surface area contributed by atoms with E-state index in [1.54, 1.807) is 25.3 Å². The third kappa shape index (κ3) is 3.19. The fourth-order valence-electron chi connectivity index (χ4n) is 4.20. The second-order valence-electron chi connectivity index (χ2n) is 8.85. The normalized spacial score (nSPS) is 14.9. The Bertz CT molecular complexity index is 872. The zero-order chi connectivity index (χ0) is 19.3. The standard InChI is InChI=1S/C21H27N2O3/c1-21(2,13-23(3,4)5)12-22-19(24)15-9-7-8-14-17(26-6)11-10-16(18(14)15)20(22)25/h7-11H,12-13H2,1-6H3/q+1. The lowest BCUT2D eigenvalue weighted by molar-refractivity contribution is -0.876. The van der Waals surface area contributed by atoms with Crippen LogP contribution in [0.4, 0.5) is 0 Å². The molecule has 2 aromatic rings. The van der Waals surface area contributed by atoms with Gasteiger partial charge in [0.25, 0.3) is 11.8 Å². The molecule has 1 aliphatic heterocycles. The predicted octanol–water partition coefficient (Wildman–Crippen LogP) is 3.18. The molecule has 0 aliphatic carbocycles. The van der Waals surface area contributed by atoms with Crippen LogP contribution in [-0.2, 0) is 0 Å². The first-order chi connectivity index (χ1) is 12.0. The molecule has 2 aromatic carbocycles. The van der Waals surface area contributed by atoms with Crippen LogP contribution in [0.3, 0.4) is 0 Å². The average Bonchev–Trinajstić information content (AvgIpc) is 2.53. The molecule has 26 heavy (non-hydrogen) atoms. The van der Waals surface area contributed by atoms with Crippen LogP contribution in [0.1, 0.15) is 34.6 Å². The maximum absolute atomic E-state index is 13.1. The molecule has 5 nitrogen and oxygen atoms in total. The smallest absolute Gasteiger partial charge is 0.261 e. The first-order valence-corrected chi connectivity index (χ1v) is 8.80. The number of hydrogen-bond acceptors (Lipinski definition) is 3.